The maximum atomic E-state index is 5.92. The fourth-order valence-electron chi connectivity index (χ4n) is 2.24. The molecule has 0 saturated carbocycles. The summed E-state index contributed by atoms with van der Waals surface area (Å²) >= 11 is 0. The Morgan fingerprint density at radius 3 is 2.90 bits per heavy atom. The van der Waals surface area contributed by atoms with Crippen molar-refractivity contribution in [3.05, 3.63) is 30.4 Å². The van der Waals surface area contributed by atoms with Gasteiger partial charge in [0.1, 0.15) is 17.8 Å². The summed E-state index contributed by atoms with van der Waals surface area (Å²) in [5.74, 6) is 6.18. The molecule has 7 heteroatoms. The van der Waals surface area contributed by atoms with Crippen LogP contribution in [0.4, 0.5) is 5.82 Å². The molecule has 0 aliphatic heterocycles. The van der Waals surface area contributed by atoms with E-state index in [-0.39, 0.29) is 0 Å². The van der Waals surface area contributed by atoms with E-state index < -0.39 is 0 Å². The van der Waals surface area contributed by atoms with Crippen molar-refractivity contribution in [3.63, 3.8) is 0 Å². The second-order valence-corrected chi connectivity index (χ2v) is 4.58. The van der Waals surface area contributed by atoms with E-state index in [1.54, 1.807) is 6.20 Å². The summed E-state index contributed by atoms with van der Waals surface area (Å²) in [6.07, 6.45) is 7.00. The summed E-state index contributed by atoms with van der Waals surface area (Å²) in [4.78, 5) is 13.6. The molecule has 0 spiro atoms. The van der Waals surface area contributed by atoms with E-state index in [2.05, 4.69) is 27.0 Å². The zero-order valence-electron chi connectivity index (χ0n) is 11.1. The normalized spacial score (nSPS) is 11.1. The van der Waals surface area contributed by atoms with Crippen molar-refractivity contribution in [2.45, 2.75) is 19.8 Å². The maximum Gasteiger partial charge on any atom is 0.186 e. The molecule has 0 aromatic carbocycles. The molecule has 0 aliphatic rings. The number of aromatic nitrogens is 5. The number of fused-ring (bicyclic) bond motifs is 1. The Bertz CT molecular complexity index is 763. The predicted molar refractivity (Wildman–Crippen MR) is 77.1 cm³/mol. The zero-order chi connectivity index (χ0) is 14.1. The molecule has 3 heterocycles. The molecular weight excluding hydrogens is 254 g/mol. The fraction of sp³-hybridized carbons (Fsp3) is 0.231. The van der Waals surface area contributed by atoms with Gasteiger partial charge in [0.15, 0.2) is 5.65 Å². The Balaban J connectivity index is 2.22. The Labute approximate surface area is 115 Å². The van der Waals surface area contributed by atoms with E-state index in [1.165, 1.54) is 11.1 Å². The third-order valence-electron chi connectivity index (χ3n) is 3.13. The number of aryl methyl sites for hydroxylation is 1. The summed E-state index contributed by atoms with van der Waals surface area (Å²) in [6, 6.07) is 2.05. The number of pyridine rings is 1. The molecule has 0 saturated heterocycles. The summed E-state index contributed by atoms with van der Waals surface area (Å²) in [7, 11) is 0. The van der Waals surface area contributed by atoms with Crippen molar-refractivity contribution < 1.29 is 0 Å². The maximum absolute atomic E-state index is 5.92. The molecule has 102 valence electrons. The highest BCUT2D eigenvalue weighted by molar-refractivity contribution is 5.98. The van der Waals surface area contributed by atoms with Gasteiger partial charge in [0, 0.05) is 18.0 Å². The molecule has 0 fully saturated rings. The second-order valence-electron chi connectivity index (χ2n) is 4.58. The van der Waals surface area contributed by atoms with Crippen LogP contribution in [0.25, 0.3) is 22.3 Å². The van der Waals surface area contributed by atoms with Crippen LogP contribution in [0.1, 0.15) is 18.9 Å². The van der Waals surface area contributed by atoms with E-state index in [0.717, 1.165) is 24.0 Å². The van der Waals surface area contributed by atoms with Crippen LogP contribution in [-0.2, 0) is 6.42 Å². The van der Waals surface area contributed by atoms with Gasteiger partial charge in [-0.25, -0.2) is 9.97 Å². The standard InChI is InChI=1S/C13H15N7/c1-2-3-8-4-9(6-16-5-8)11-10-12(14)17-7-18-13(10)20(15)19-11/h4-7H,2-3,15H2,1H3,(H2,14,17,18). The summed E-state index contributed by atoms with van der Waals surface area (Å²) < 4.78 is 0. The highest BCUT2D eigenvalue weighted by atomic mass is 15.5. The molecule has 0 aliphatic carbocycles. The molecule has 0 atom stereocenters. The smallest absolute Gasteiger partial charge is 0.186 e. The van der Waals surface area contributed by atoms with Gasteiger partial charge in [0.25, 0.3) is 0 Å². The van der Waals surface area contributed by atoms with Crippen molar-refractivity contribution in [1.29, 1.82) is 0 Å². The molecule has 4 N–H and O–H groups in total. The van der Waals surface area contributed by atoms with E-state index in [9.17, 15) is 0 Å². The quantitative estimate of drug-likeness (QED) is 0.690. The molecule has 3 aromatic rings. The first-order chi connectivity index (χ1) is 9.70. The van der Waals surface area contributed by atoms with E-state index in [1.807, 2.05) is 12.3 Å². The number of hydrogen-bond acceptors (Lipinski definition) is 6. The van der Waals surface area contributed by atoms with Gasteiger partial charge in [-0.3, -0.25) is 4.98 Å². The average molecular weight is 269 g/mol. The first-order valence-corrected chi connectivity index (χ1v) is 6.39. The van der Waals surface area contributed by atoms with Crippen LogP contribution < -0.4 is 11.6 Å². The van der Waals surface area contributed by atoms with Gasteiger partial charge < -0.3 is 11.6 Å². The SMILES string of the molecule is CCCc1cncc(-c2nn(N)c3ncnc(N)c23)c1. The molecule has 7 nitrogen and oxygen atoms in total. The molecule has 0 unspecified atom stereocenters. The third-order valence-corrected chi connectivity index (χ3v) is 3.13. The molecule has 3 aromatic heterocycles. The third kappa shape index (κ3) is 1.93. The Kier molecular flexibility index (Phi) is 2.94. The molecule has 0 amide bonds. The minimum atomic E-state index is 0.364. The number of anilines is 1. The number of rotatable bonds is 3. The Morgan fingerprint density at radius 1 is 1.25 bits per heavy atom. The lowest BCUT2D eigenvalue weighted by Gasteiger charge is -2.02. The highest BCUT2D eigenvalue weighted by Gasteiger charge is 2.16. The topological polar surface area (TPSA) is 109 Å². The van der Waals surface area contributed by atoms with Gasteiger partial charge in [0.05, 0.1) is 5.39 Å². The average Bonchev–Trinajstić information content (AvgIpc) is 2.79. The fourth-order valence-corrected chi connectivity index (χ4v) is 2.24. The van der Waals surface area contributed by atoms with Crippen LogP contribution in [0.3, 0.4) is 0 Å². The van der Waals surface area contributed by atoms with Crippen LogP contribution in [0.15, 0.2) is 24.8 Å². The van der Waals surface area contributed by atoms with Gasteiger partial charge in [0.2, 0.25) is 0 Å². The molecule has 3 rings (SSSR count). The summed E-state index contributed by atoms with van der Waals surface area (Å²) in [5, 5.41) is 4.95. The van der Waals surface area contributed by atoms with Crippen LogP contribution >= 0.6 is 0 Å². The Morgan fingerprint density at radius 2 is 2.10 bits per heavy atom. The monoisotopic (exact) mass is 269 g/mol. The van der Waals surface area contributed by atoms with Gasteiger partial charge in [-0.1, -0.05) is 13.3 Å². The zero-order valence-corrected chi connectivity index (χ0v) is 11.1. The minimum Gasteiger partial charge on any atom is -0.383 e. The molecule has 0 bridgehead atoms. The Hall–Kier alpha value is -2.70. The predicted octanol–water partition coefficient (Wildman–Crippen LogP) is 1.14. The summed E-state index contributed by atoms with van der Waals surface area (Å²) in [6.45, 7) is 2.13. The van der Waals surface area contributed by atoms with Gasteiger partial charge >= 0.3 is 0 Å². The van der Waals surface area contributed by atoms with Crippen molar-refractivity contribution >= 4 is 16.9 Å². The van der Waals surface area contributed by atoms with Crippen LogP contribution in [0, 0.1) is 0 Å². The first-order valence-electron chi connectivity index (χ1n) is 6.39. The van der Waals surface area contributed by atoms with Gasteiger partial charge in [-0.15, -0.1) is 5.10 Å². The van der Waals surface area contributed by atoms with E-state index in [4.69, 9.17) is 11.6 Å². The lowest BCUT2D eigenvalue weighted by atomic mass is 10.1. The second kappa shape index (κ2) is 4.76. The van der Waals surface area contributed by atoms with Crippen LogP contribution in [-0.4, -0.2) is 24.8 Å². The van der Waals surface area contributed by atoms with E-state index >= 15 is 0 Å². The van der Waals surface area contributed by atoms with Crippen LogP contribution in [0.5, 0.6) is 0 Å². The van der Waals surface area contributed by atoms with Crippen molar-refractivity contribution in [2.75, 3.05) is 11.6 Å². The highest BCUT2D eigenvalue weighted by Crippen LogP contribution is 2.29. The molecule has 0 radical (unpaired) electrons. The van der Waals surface area contributed by atoms with Crippen LogP contribution in [0.2, 0.25) is 0 Å². The van der Waals surface area contributed by atoms with Crippen molar-refractivity contribution in [1.82, 2.24) is 24.8 Å². The van der Waals surface area contributed by atoms with E-state index in [0.29, 0.717) is 22.5 Å². The number of nitrogens with two attached hydrogens (primary N) is 2. The largest absolute Gasteiger partial charge is 0.383 e. The molecule has 20 heavy (non-hydrogen) atoms. The number of nitrogen functional groups attached to an aromatic ring is 2. The van der Waals surface area contributed by atoms with Crippen molar-refractivity contribution in [3.8, 4) is 11.3 Å². The minimum absolute atomic E-state index is 0.364. The van der Waals surface area contributed by atoms with Crippen molar-refractivity contribution in [2.24, 2.45) is 0 Å². The first kappa shape index (κ1) is 12.3. The molecular formula is C13H15N7. The summed E-state index contributed by atoms with van der Waals surface area (Å²) in [5.41, 5.74) is 9.11. The number of nitrogens with zero attached hydrogens (tertiary/aromatic N) is 5. The number of hydrogen-bond donors (Lipinski definition) is 2. The lowest BCUT2D eigenvalue weighted by Crippen LogP contribution is -2.10. The van der Waals surface area contributed by atoms with Gasteiger partial charge in [-0.05, 0) is 18.1 Å². The van der Waals surface area contributed by atoms with Gasteiger partial charge in [-0.2, -0.15) is 4.79 Å². The lowest BCUT2D eigenvalue weighted by molar-refractivity contribution is 0.851.